The lowest BCUT2D eigenvalue weighted by Crippen LogP contribution is -2.34. The van der Waals surface area contributed by atoms with E-state index in [-0.39, 0.29) is 24.4 Å². The van der Waals surface area contributed by atoms with Crippen LogP contribution in [0.25, 0.3) is 11.0 Å². The number of carbonyl (C=O) groups is 1. The molecule has 0 bridgehead atoms. The second-order valence-electron chi connectivity index (χ2n) is 5.66. The molecular weight excluding hydrogens is 312 g/mol. The van der Waals surface area contributed by atoms with Crippen LogP contribution in [0.4, 0.5) is 0 Å². The summed E-state index contributed by atoms with van der Waals surface area (Å²) >= 11 is 0. The lowest BCUT2D eigenvalue weighted by atomic mass is 10.1. The first-order chi connectivity index (χ1) is 10.7. The van der Waals surface area contributed by atoms with Crippen LogP contribution in [0.1, 0.15) is 44.9 Å². The Bertz CT molecular complexity index is 579. The minimum atomic E-state index is -0.0329. The third-order valence-corrected chi connectivity index (χ3v) is 3.93. The smallest absolute Gasteiger partial charge is 0.223 e. The molecule has 1 heterocycles. The van der Waals surface area contributed by atoms with E-state index in [1.807, 2.05) is 49.2 Å². The molecule has 1 aromatic heterocycles. The summed E-state index contributed by atoms with van der Waals surface area (Å²) in [6.07, 6.45) is 2.39. The van der Waals surface area contributed by atoms with E-state index in [2.05, 4.69) is 12.2 Å². The number of nitrogens with one attached hydrogen (secondary N) is 1. The number of carbonyl (C=O) groups excluding carboxylic acids is 1. The SMILES string of the molecule is CCCN(C(=O)CCCNC)C(C)c1cc2ccccc2o1.Cl. The number of hydrogen-bond donors (Lipinski definition) is 1. The molecule has 0 spiro atoms. The molecule has 0 radical (unpaired) electrons. The Labute approximate surface area is 144 Å². The Morgan fingerprint density at radius 3 is 2.74 bits per heavy atom. The summed E-state index contributed by atoms with van der Waals surface area (Å²) in [6, 6.07) is 9.97. The summed E-state index contributed by atoms with van der Waals surface area (Å²) in [6.45, 7) is 5.77. The highest BCUT2D eigenvalue weighted by Gasteiger charge is 2.23. The number of halogens is 1. The molecule has 0 saturated carbocycles. The average Bonchev–Trinajstić information content (AvgIpc) is 2.96. The lowest BCUT2D eigenvalue weighted by Gasteiger charge is -2.27. The molecule has 4 nitrogen and oxygen atoms in total. The van der Waals surface area contributed by atoms with Crippen LogP contribution < -0.4 is 5.32 Å². The Morgan fingerprint density at radius 2 is 2.09 bits per heavy atom. The quantitative estimate of drug-likeness (QED) is 0.735. The fraction of sp³-hybridized carbons (Fsp3) is 0.500. The molecule has 5 heteroatoms. The van der Waals surface area contributed by atoms with Crippen LogP contribution in [0.15, 0.2) is 34.7 Å². The summed E-state index contributed by atoms with van der Waals surface area (Å²) in [4.78, 5) is 14.4. The molecule has 0 saturated heterocycles. The van der Waals surface area contributed by atoms with Gasteiger partial charge in [-0.15, -0.1) is 12.4 Å². The lowest BCUT2D eigenvalue weighted by molar-refractivity contribution is -0.133. The summed E-state index contributed by atoms with van der Waals surface area (Å²) in [5.74, 6) is 1.06. The zero-order valence-corrected chi connectivity index (χ0v) is 15.0. The van der Waals surface area contributed by atoms with Gasteiger partial charge in [-0.1, -0.05) is 25.1 Å². The van der Waals surface area contributed by atoms with E-state index in [1.165, 1.54) is 0 Å². The molecule has 1 amide bonds. The summed E-state index contributed by atoms with van der Waals surface area (Å²) in [5.41, 5.74) is 0.878. The third-order valence-electron chi connectivity index (χ3n) is 3.93. The molecule has 2 aromatic rings. The highest BCUT2D eigenvalue weighted by Crippen LogP contribution is 2.28. The average molecular weight is 339 g/mol. The van der Waals surface area contributed by atoms with Crippen LogP contribution >= 0.6 is 12.4 Å². The Balaban J connectivity index is 0.00000264. The van der Waals surface area contributed by atoms with Crippen LogP contribution in [0.2, 0.25) is 0 Å². The van der Waals surface area contributed by atoms with Crippen LogP contribution in [0.5, 0.6) is 0 Å². The maximum absolute atomic E-state index is 12.5. The topological polar surface area (TPSA) is 45.5 Å². The van der Waals surface area contributed by atoms with Gasteiger partial charge in [-0.25, -0.2) is 0 Å². The Morgan fingerprint density at radius 1 is 1.35 bits per heavy atom. The monoisotopic (exact) mass is 338 g/mol. The second kappa shape index (κ2) is 9.58. The summed E-state index contributed by atoms with van der Waals surface area (Å²) in [5, 5.41) is 4.17. The van der Waals surface area contributed by atoms with E-state index < -0.39 is 0 Å². The van der Waals surface area contributed by atoms with Gasteiger partial charge in [-0.3, -0.25) is 4.79 Å². The van der Waals surface area contributed by atoms with E-state index in [4.69, 9.17) is 4.42 Å². The van der Waals surface area contributed by atoms with Gasteiger partial charge in [0.15, 0.2) is 0 Å². The first kappa shape index (κ1) is 19.5. The number of nitrogens with zero attached hydrogens (tertiary/aromatic N) is 1. The zero-order valence-electron chi connectivity index (χ0n) is 14.2. The molecular formula is C18H27ClN2O2. The molecule has 2 rings (SSSR count). The molecule has 0 fully saturated rings. The number of rotatable bonds is 8. The molecule has 128 valence electrons. The van der Waals surface area contributed by atoms with Gasteiger partial charge in [0.05, 0.1) is 6.04 Å². The van der Waals surface area contributed by atoms with Crippen molar-refractivity contribution in [2.75, 3.05) is 20.1 Å². The maximum Gasteiger partial charge on any atom is 0.223 e. The summed E-state index contributed by atoms with van der Waals surface area (Å²) < 4.78 is 5.93. The second-order valence-corrected chi connectivity index (χ2v) is 5.66. The number of hydrogen-bond acceptors (Lipinski definition) is 3. The summed E-state index contributed by atoms with van der Waals surface area (Å²) in [7, 11) is 1.91. The van der Waals surface area contributed by atoms with E-state index >= 15 is 0 Å². The van der Waals surface area contributed by atoms with Crippen molar-refractivity contribution in [3.8, 4) is 0 Å². The number of furan rings is 1. The van der Waals surface area contributed by atoms with Crippen LogP contribution in [0, 0.1) is 0 Å². The highest BCUT2D eigenvalue weighted by molar-refractivity contribution is 5.85. The largest absolute Gasteiger partial charge is 0.459 e. The molecule has 1 N–H and O–H groups in total. The Kier molecular flexibility index (Phi) is 8.13. The van der Waals surface area contributed by atoms with Gasteiger partial charge in [-0.05, 0) is 45.5 Å². The van der Waals surface area contributed by atoms with Crippen molar-refractivity contribution in [3.05, 3.63) is 36.1 Å². The fourth-order valence-electron chi connectivity index (χ4n) is 2.70. The van der Waals surface area contributed by atoms with Gasteiger partial charge in [-0.2, -0.15) is 0 Å². The molecule has 0 aliphatic rings. The minimum Gasteiger partial charge on any atom is -0.459 e. The number of para-hydroxylation sites is 1. The molecule has 0 aliphatic carbocycles. The van der Waals surface area contributed by atoms with E-state index in [0.29, 0.717) is 6.42 Å². The first-order valence-electron chi connectivity index (χ1n) is 8.10. The van der Waals surface area contributed by atoms with Gasteiger partial charge < -0.3 is 14.6 Å². The van der Waals surface area contributed by atoms with Crippen molar-refractivity contribution in [2.24, 2.45) is 0 Å². The van der Waals surface area contributed by atoms with Gasteiger partial charge in [0.2, 0.25) is 5.91 Å². The molecule has 1 atom stereocenters. The number of fused-ring (bicyclic) bond motifs is 1. The van der Waals surface area contributed by atoms with Crippen molar-refractivity contribution in [1.29, 1.82) is 0 Å². The predicted octanol–water partition coefficient (Wildman–Crippen LogP) is 4.15. The van der Waals surface area contributed by atoms with Gasteiger partial charge in [0.25, 0.3) is 0 Å². The van der Waals surface area contributed by atoms with E-state index in [1.54, 1.807) is 0 Å². The highest BCUT2D eigenvalue weighted by atomic mass is 35.5. The van der Waals surface area contributed by atoms with Crippen molar-refractivity contribution >= 4 is 29.3 Å². The van der Waals surface area contributed by atoms with E-state index in [0.717, 1.165) is 42.7 Å². The fourth-order valence-corrected chi connectivity index (χ4v) is 2.70. The van der Waals surface area contributed by atoms with Gasteiger partial charge >= 0.3 is 0 Å². The van der Waals surface area contributed by atoms with Gasteiger partial charge in [0.1, 0.15) is 11.3 Å². The van der Waals surface area contributed by atoms with Crippen molar-refractivity contribution < 1.29 is 9.21 Å². The van der Waals surface area contributed by atoms with Crippen molar-refractivity contribution in [3.63, 3.8) is 0 Å². The van der Waals surface area contributed by atoms with Crippen molar-refractivity contribution in [2.45, 2.75) is 39.2 Å². The molecule has 1 unspecified atom stereocenters. The van der Waals surface area contributed by atoms with Crippen LogP contribution in [-0.2, 0) is 4.79 Å². The third kappa shape index (κ3) is 4.98. The molecule has 23 heavy (non-hydrogen) atoms. The molecule has 1 aromatic carbocycles. The van der Waals surface area contributed by atoms with E-state index in [9.17, 15) is 4.79 Å². The molecule has 0 aliphatic heterocycles. The van der Waals surface area contributed by atoms with Gasteiger partial charge in [0, 0.05) is 18.4 Å². The normalized spacial score (nSPS) is 12.0. The first-order valence-corrected chi connectivity index (χ1v) is 8.10. The zero-order chi connectivity index (χ0) is 15.9. The van der Waals surface area contributed by atoms with Crippen molar-refractivity contribution in [1.82, 2.24) is 10.2 Å². The number of benzene rings is 1. The predicted molar refractivity (Wildman–Crippen MR) is 97.0 cm³/mol. The number of amides is 1. The van der Waals surface area contributed by atoms with Crippen LogP contribution in [0.3, 0.4) is 0 Å². The standard InChI is InChI=1S/C18H26N2O2.ClH/c1-4-12-20(18(21)10-7-11-19-3)14(2)17-13-15-8-5-6-9-16(15)22-17;/h5-6,8-9,13-14,19H,4,7,10-12H2,1-3H3;1H. The van der Waals surface area contributed by atoms with Crippen LogP contribution in [-0.4, -0.2) is 30.9 Å². The Hall–Kier alpha value is -1.52. The maximum atomic E-state index is 12.5. The minimum absolute atomic E-state index is 0.